The Morgan fingerprint density at radius 1 is 1.18 bits per heavy atom. The van der Waals surface area contributed by atoms with Crippen molar-refractivity contribution in [3.63, 3.8) is 0 Å². The maximum atomic E-state index is 12.2. The molecule has 0 bridgehead atoms. The average molecular weight is 378 g/mol. The smallest absolute Gasteiger partial charge is 0.234 e. The van der Waals surface area contributed by atoms with Gasteiger partial charge < -0.3 is 5.32 Å². The summed E-state index contributed by atoms with van der Waals surface area (Å²) in [5.41, 5.74) is 4.43. The Balaban J connectivity index is 2.02. The van der Waals surface area contributed by atoms with E-state index in [9.17, 15) is 4.79 Å². The Morgan fingerprint density at radius 2 is 1.95 bits per heavy atom. The molecule has 0 spiro atoms. The molecule has 0 saturated heterocycles. The fourth-order valence-electron chi connectivity index (χ4n) is 2.30. The molecule has 0 aliphatic rings. The highest BCUT2D eigenvalue weighted by molar-refractivity contribution is 9.10. The molecule has 2 aromatic carbocycles. The number of hydrogen-bond acceptors (Lipinski definition) is 2. The van der Waals surface area contributed by atoms with E-state index in [1.54, 1.807) is 11.8 Å². The van der Waals surface area contributed by atoms with Gasteiger partial charge in [0.25, 0.3) is 0 Å². The van der Waals surface area contributed by atoms with Crippen LogP contribution in [-0.4, -0.2) is 11.7 Å². The van der Waals surface area contributed by atoms with Gasteiger partial charge in [-0.25, -0.2) is 0 Å². The van der Waals surface area contributed by atoms with Crippen molar-refractivity contribution in [2.24, 2.45) is 0 Å². The van der Waals surface area contributed by atoms with Crippen LogP contribution in [0.5, 0.6) is 0 Å². The average Bonchev–Trinajstić information content (AvgIpc) is 2.48. The highest BCUT2D eigenvalue weighted by atomic mass is 79.9. The number of anilines is 1. The number of hydrogen-bond donors (Lipinski definition) is 1. The molecule has 0 fully saturated rings. The summed E-state index contributed by atoms with van der Waals surface area (Å²) < 4.78 is 1.06. The van der Waals surface area contributed by atoms with Crippen LogP contribution < -0.4 is 5.32 Å². The van der Waals surface area contributed by atoms with E-state index >= 15 is 0 Å². The maximum absolute atomic E-state index is 12.2. The first-order chi connectivity index (χ1) is 10.5. The van der Waals surface area contributed by atoms with Crippen molar-refractivity contribution in [3.8, 4) is 0 Å². The SMILES string of the molecule is CCc1cccc(C)c1NC(=O)CSc1ccc(Br)cc1C. The molecule has 2 rings (SSSR count). The Morgan fingerprint density at radius 3 is 2.64 bits per heavy atom. The van der Waals surface area contributed by atoms with Gasteiger partial charge in [0.2, 0.25) is 5.91 Å². The van der Waals surface area contributed by atoms with Gasteiger partial charge in [-0.3, -0.25) is 4.79 Å². The normalized spacial score (nSPS) is 10.5. The third-order valence-corrected chi connectivity index (χ3v) is 5.17. The van der Waals surface area contributed by atoms with Gasteiger partial charge in [-0.05, 0) is 55.2 Å². The number of para-hydroxylation sites is 1. The summed E-state index contributed by atoms with van der Waals surface area (Å²) in [6.07, 6.45) is 0.913. The van der Waals surface area contributed by atoms with Crippen LogP contribution in [0.15, 0.2) is 45.8 Å². The van der Waals surface area contributed by atoms with Crippen LogP contribution in [0.3, 0.4) is 0 Å². The van der Waals surface area contributed by atoms with Crippen molar-refractivity contribution in [1.29, 1.82) is 0 Å². The second-order valence-electron chi connectivity index (χ2n) is 5.21. The topological polar surface area (TPSA) is 29.1 Å². The number of benzene rings is 2. The van der Waals surface area contributed by atoms with E-state index in [-0.39, 0.29) is 5.91 Å². The fourth-order valence-corrected chi connectivity index (χ4v) is 3.58. The van der Waals surface area contributed by atoms with E-state index in [1.807, 2.05) is 31.2 Å². The van der Waals surface area contributed by atoms with Crippen LogP contribution in [0, 0.1) is 13.8 Å². The lowest BCUT2D eigenvalue weighted by Crippen LogP contribution is -2.16. The van der Waals surface area contributed by atoms with Gasteiger partial charge in [-0.2, -0.15) is 0 Å². The maximum Gasteiger partial charge on any atom is 0.234 e. The van der Waals surface area contributed by atoms with Crippen molar-refractivity contribution in [1.82, 2.24) is 0 Å². The molecule has 116 valence electrons. The summed E-state index contributed by atoms with van der Waals surface area (Å²) in [5.74, 6) is 0.455. The van der Waals surface area contributed by atoms with Gasteiger partial charge in [-0.15, -0.1) is 11.8 Å². The van der Waals surface area contributed by atoms with Gasteiger partial charge in [0, 0.05) is 15.1 Å². The first-order valence-electron chi connectivity index (χ1n) is 7.28. The third kappa shape index (κ3) is 4.37. The summed E-state index contributed by atoms with van der Waals surface area (Å²) >= 11 is 5.03. The largest absolute Gasteiger partial charge is 0.325 e. The minimum absolute atomic E-state index is 0.0383. The summed E-state index contributed by atoms with van der Waals surface area (Å²) in [6.45, 7) is 6.19. The Bertz CT molecular complexity index is 685. The zero-order valence-corrected chi connectivity index (χ0v) is 15.5. The molecule has 0 atom stereocenters. The first-order valence-corrected chi connectivity index (χ1v) is 9.06. The standard InChI is InChI=1S/C18H20BrNOS/c1-4-14-7-5-6-12(2)18(14)20-17(21)11-22-16-9-8-15(19)10-13(16)3/h5-10H,4,11H2,1-3H3,(H,20,21). The Kier molecular flexibility index (Phi) is 6.09. The minimum Gasteiger partial charge on any atom is -0.325 e. The van der Waals surface area contributed by atoms with E-state index < -0.39 is 0 Å². The van der Waals surface area contributed by atoms with Gasteiger partial charge in [0.15, 0.2) is 0 Å². The van der Waals surface area contributed by atoms with E-state index in [2.05, 4.69) is 47.2 Å². The van der Waals surface area contributed by atoms with Crippen molar-refractivity contribution in [3.05, 3.63) is 57.6 Å². The molecule has 0 saturated carbocycles. The number of nitrogens with one attached hydrogen (secondary N) is 1. The molecule has 22 heavy (non-hydrogen) atoms. The summed E-state index contributed by atoms with van der Waals surface area (Å²) in [5, 5.41) is 3.06. The second kappa shape index (κ2) is 7.84. The number of aryl methyl sites for hydroxylation is 3. The first kappa shape index (κ1) is 17.1. The monoisotopic (exact) mass is 377 g/mol. The molecule has 1 amide bonds. The van der Waals surface area contributed by atoms with Gasteiger partial charge >= 0.3 is 0 Å². The van der Waals surface area contributed by atoms with Crippen LogP contribution in [0.1, 0.15) is 23.6 Å². The molecule has 2 aromatic rings. The number of carbonyl (C=O) groups excluding carboxylic acids is 1. The molecule has 0 aliphatic heterocycles. The zero-order valence-electron chi connectivity index (χ0n) is 13.1. The predicted molar refractivity (Wildman–Crippen MR) is 98.8 cm³/mol. The van der Waals surface area contributed by atoms with E-state index in [0.717, 1.165) is 27.0 Å². The number of amides is 1. The Labute approximate surface area is 144 Å². The fraction of sp³-hybridized carbons (Fsp3) is 0.278. The van der Waals surface area contributed by atoms with Gasteiger partial charge in [-0.1, -0.05) is 41.1 Å². The summed E-state index contributed by atoms with van der Waals surface area (Å²) in [6, 6.07) is 12.2. The molecule has 4 heteroatoms. The lowest BCUT2D eigenvalue weighted by molar-refractivity contribution is -0.113. The van der Waals surface area contributed by atoms with Crippen molar-refractivity contribution >= 4 is 39.3 Å². The quantitative estimate of drug-likeness (QED) is 0.710. The third-order valence-electron chi connectivity index (χ3n) is 3.50. The van der Waals surface area contributed by atoms with Crippen molar-refractivity contribution in [2.75, 3.05) is 11.1 Å². The molecule has 0 aromatic heterocycles. The van der Waals surface area contributed by atoms with Crippen LogP contribution in [-0.2, 0) is 11.2 Å². The Hall–Kier alpha value is -1.26. The molecule has 0 aliphatic carbocycles. The number of rotatable bonds is 5. The predicted octanol–water partition coefficient (Wildman–Crippen LogP) is 5.36. The van der Waals surface area contributed by atoms with Crippen molar-refractivity contribution < 1.29 is 4.79 Å². The highest BCUT2D eigenvalue weighted by Gasteiger charge is 2.10. The zero-order chi connectivity index (χ0) is 16.1. The molecule has 0 heterocycles. The number of carbonyl (C=O) groups is 1. The summed E-state index contributed by atoms with van der Waals surface area (Å²) in [4.78, 5) is 13.4. The number of halogens is 1. The lowest BCUT2D eigenvalue weighted by Gasteiger charge is -2.13. The van der Waals surface area contributed by atoms with Crippen LogP contribution >= 0.6 is 27.7 Å². The van der Waals surface area contributed by atoms with Gasteiger partial charge in [0.1, 0.15) is 0 Å². The molecule has 0 unspecified atom stereocenters. The second-order valence-corrected chi connectivity index (χ2v) is 7.14. The molecule has 0 radical (unpaired) electrons. The highest BCUT2D eigenvalue weighted by Crippen LogP contribution is 2.26. The van der Waals surface area contributed by atoms with Crippen LogP contribution in [0.25, 0.3) is 0 Å². The van der Waals surface area contributed by atoms with Crippen molar-refractivity contribution in [2.45, 2.75) is 32.1 Å². The molecule has 2 nitrogen and oxygen atoms in total. The van der Waals surface area contributed by atoms with E-state index in [1.165, 1.54) is 11.1 Å². The van der Waals surface area contributed by atoms with Gasteiger partial charge in [0.05, 0.1) is 5.75 Å². The lowest BCUT2D eigenvalue weighted by atomic mass is 10.1. The number of thioether (sulfide) groups is 1. The van der Waals surface area contributed by atoms with Crippen LogP contribution in [0.4, 0.5) is 5.69 Å². The molecule has 1 N–H and O–H groups in total. The molecular formula is C18H20BrNOS. The van der Waals surface area contributed by atoms with E-state index in [0.29, 0.717) is 5.75 Å². The summed E-state index contributed by atoms with van der Waals surface area (Å²) in [7, 11) is 0. The van der Waals surface area contributed by atoms with E-state index in [4.69, 9.17) is 0 Å². The van der Waals surface area contributed by atoms with Crippen LogP contribution in [0.2, 0.25) is 0 Å². The molecular weight excluding hydrogens is 358 g/mol. The minimum atomic E-state index is 0.0383.